The number of hydrogen-bond acceptors (Lipinski definition) is 3. The summed E-state index contributed by atoms with van der Waals surface area (Å²) >= 11 is 3.51. The molecule has 22 heavy (non-hydrogen) atoms. The molecule has 0 aliphatic carbocycles. The Labute approximate surface area is 139 Å². The summed E-state index contributed by atoms with van der Waals surface area (Å²) in [5.74, 6) is -0.140. The number of nitrogens with one attached hydrogen (secondary N) is 2. The van der Waals surface area contributed by atoms with Crippen LogP contribution in [0.4, 0.5) is 11.4 Å². The molecule has 0 bridgehead atoms. The summed E-state index contributed by atoms with van der Waals surface area (Å²) in [4.78, 5) is 16.2. The summed E-state index contributed by atoms with van der Waals surface area (Å²) in [6.45, 7) is 6.05. The molecule has 2 aromatic rings. The van der Waals surface area contributed by atoms with Crippen LogP contribution >= 0.6 is 15.9 Å². The van der Waals surface area contributed by atoms with Gasteiger partial charge in [-0.25, -0.2) is 4.98 Å². The van der Waals surface area contributed by atoms with Gasteiger partial charge in [-0.05, 0) is 50.1 Å². The number of carbonyl (C=O) groups excluding carboxylic acids is 1. The van der Waals surface area contributed by atoms with E-state index >= 15 is 0 Å². The molecule has 116 valence electrons. The number of anilines is 2. The Morgan fingerprint density at radius 3 is 2.59 bits per heavy atom. The molecule has 1 atom stereocenters. The maximum absolute atomic E-state index is 12.0. The number of halogens is 1. The van der Waals surface area contributed by atoms with Gasteiger partial charge in [-0.2, -0.15) is 0 Å². The normalized spacial score (nSPS) is 11.8. The lowest BCUT2D eigenvalue weighted by Crippen LogP contribution is -2.32. The van der Waals surface area contributed by atoms with E-state index in [1.54, 1.807) is 12.3 Å². The molecular weight excluding hydrogens is 342 g/mol. The number of hydrogen-bond donors (Lipinski definition) is 2. The van der Waals surface area contributed by atoms with Gasteiger partial charge in [0, 0.05) is 16.2 Å². The summed E-state index contributed by atoms with van der Waals surface area (Å²) in [7, 11) is 0. The van der Waals surface area contributed by atoms with Gasteiger partial charge in [-0.15, -0.1) is 0 Å². The minimum atomic E-state index is -0.140. The first kappa shape index (κ1) is 16.5. The van der Waals surface area contributed by atoms with Gasteiger partial charge >= 0.3 is 0 Å². The number of amides is 1. The van der Waals surface area contributed by atoms with Crippen LogP contribution in [0.3, 0.4) is 0 Å². The van der Waals surface area contributed by atoms with Crippen molar-refractivity contribution in [2.24, 2.45) is 0 Å². The lowest BCUT2D eigenvalue weighted by Gasteiger charge is -2.11. The van der Waals surface area contributed by atoms with E-state index < -0.39 is 0 Å². The fourth-order valence-corrected chi connectivity index (χ4v) is 2.22. The first-order valence-corrected chi connectivity index (χ1v) is 8.09. The van der Waals surface area contributed by atoms with E-state index in [1.165, 1.54) is 5.56 Å². The van der Waals surface area contributed by atoms with Gasteiger partial charge in [-0.3, -0.25) is 4.79 Å². The molecule has 0 aliphatic rings. The van der Waals surface area contributed by atoms with Gasteiger partial charge in [-0.1, -0.05) is 28.9 Å². The third-order valence-electron chi connectivity index (χ3n) is 3.45. The maximum Gasteiger partial charge on any atom is 0.270 e. The van der Waals surface area contributed by atoms with Crippen LogP contribution in [0.25, 0.3) is 0 Å². The van der Waals surface area contributed by atoms with Crippen LogP contribution in [-0.4, -0.2) is 16.9 Å². The Morgan fingerprint density at radius 1 is 1.27 bits per heavy atom. The van der Waals surface area contributed by atoms with Gasteiger partial charge in [0.05, 0.1) is 11.9 Å². The average Bonchev–Trinajstić information content (AvgIpc) is 2.51. The molecule has 0 fully saturated rings. The zero-order valence-electron chi connectivity index (χ0n) is 13.0. The van der Waals surface area contributed by atoms with E-state index in [4.69, 9.17) is 0 Å². The summed E-state index contributed by atoms with van der Waals surface area (Å²) in [5.41, 5.74) is 3.42. The predicted octanol–water partition coefficient (Wildman–Crippen LogP) is 4.42. The highest BCUT2D eigenvalue weighted by Crippen LogP contribution is 2.23. The molecule has 5 heteroatoms. The fourth-order valence-electron chi connectivity index (χ4n) is 1.84. The molecular formula is C17H20BrN3O. The molecule has 1 unspecified atom stereocenters. The van der Waals surface area contributed by atoms with Gasteiger partial charge in [0.2, 0.25) is 0 Å². The second kappa shape index (κ2) is 7.40. The molecule has 2 N–H and O–H groups in total. The predicted molar refractivity (Wildman–Crippen MR) is 93.6 cm³/mol. The van der Waals surface area contributed by atoms with Gasteiger partial charge in [0.1, 0.15) is 5.69 Å². The van der Waals surface area contributed by atoms with Gasteiger partial charge < -0.3 is 10.6 Å². The molecule has 0 radical (unpaired) electrons. The van der Waals surface area contributed by atoms with Crippen molar-refractivity contribution < 1.29 is 4.79 Å². The molecule has 0 saturated carbocycles. The van der Waals surface area contributed by atoms with Crippen LogP contribution in [0.2, 0.25) is 0 Å². The second-order valence-corrected chi connectivity index (χ2v) is 6.16. The summed E-state index contributed by atoms with van der Waals surface area (Å²) in [5, 5.41) is 6.17. The number of benzene rings is 1. The van der Waals surface area contributed by atoms with Crippen LogP contribution < -0.4 is 10.6 Å². The first-order chi connectivity index (χ1) is 10.5. The summed E-state index contributed by atoms with van der Waals surface area (Å²) in [6, 6.07) is 9.78. The zero-order chi connectivity index (χ0) is 16.1. The van der Waals surface area contributed by atoms with E-state index in [-0.39, 0.29) is 11.9 Å². The van der Waals surface area contributed by atoms with Crippen molar-refractivity contribution in [2.45, 2.75) is 33.2 Å². The fraction of sp³-hybridized carbons (Fsp3) is 0.294. The number of aryl methyl sites for hydroxylation is 1. The quantitative estimate of drug-likeness (QED) is 0.828. The highest BCUT2D eigenvalue weighted by atomic mass is 79.9. The minimum absolute atomic E-state index is 0.140. The van der Waals surface area contributed by atoms with E-state index in [0.29, 0.717) is 5.69 Å². The highest BCUT2D eigenvalue weighted by molar-refractivity contribution is 9.10. The van der Waals surface area contributed by atoms with E-state index in [0.717, 1.165) is 22.3 Å². The van der Waals surface area contributed by atoms with Crippen molar-refractivity contribution in [1.82, 2.24) is 10.3 Å². The Morgan fingerprint density at radius 2 is 2.00 bits per heavy atom. The lowest BCUT2D eigenvalue weighted by molar-refractivity contribution is 0.0934. The van der Waals surface area contributed by atoms with Crippen molar-refractivity contribution >= 4 is 33.2 Å². The molecule has 2 rings (SSSR count). The standard InChI is InChI=1S/C17H20BrN3O/c1-4-12(3)20-17(22)16-8-7-14(10-19-16)21-13-6-5-11(2)15(18)9-13/h5-10,12,21H,4H2,1-3H3,(H,20,22). The average molecular weight is 362 g/mol. The third-order valence-corrected chi connectivity index (χ3v) is 4.30. The smallest absolute Gasteiger partial charge is 0.270 e. The lowest BCUT2D eigenvalue weighted by atomic mass is 10.2. The third kappa shape index (κ3) is 4.31. The molecule has 1 aromatic carbocycles. The van der Waals surface area contributed by atoms with E-state index in [9.17, 15) is 4.79 Å². The van der Waals surface area contributed by atoms with E-state index in [2.05, 4.69) is 31.5 Å². The summed E-state index contributed by atoms with van der Waals surface area (Å²) in [6.07, 6.45) is 2.56. The Hall–Kier alpha value is -1.88. The molecule has 1 amide bonds. The molecule has 0 spiro atoms. The Bertz CT molecular complexity index is 655. The van der Waals surface area contributed by atoms with Crippen molar-refractivity contribution in [3.8, 4) is 0 Å². The van der Waals surface area contributed by atoms with Gasteiger partial charge in [0.25, 0.3) is 5.91 Å². The topological polar surface area (TPSA) is 54.0 Å². The number of carbonyl (C=O) groups is 1. The van der Waals surface area contributed by atoms with Crippen LogP contribution in [0, 0.1) is 6.92 Å². The van der Waals surface area contributed by atoms with Crippen molar-refractivity contribution in [1.29, 1.82) is 0 Å². The largest absolute Gasteiger partial charge is 0.354 e. The monoisotopic (exact) mass is 361 g/mol. The van der Waals surface area contributed by atoms with Crippen molar-refractivity contribution in [3.63, 3.8) is 0 Å². The van der Waals surface area contributed by atoms with Crippen LogP contribution in [0.1, 0.15) is 36.3 Å². The maximum atomic E-state index is 12.0. The Balaban J connectivity index is 2.05. The number of aromatic nitrogens is 1. The number of rotatable bonds is 5. The highest BCUT2D eigenvalue weighted by Gasteiger charge is 2.09. The molecule has 1 heterocycles. The molecule has 1 aromatic heterocycles. The SMILES string of the molecule is CCC(C)NC(=O)c1ccc(Nc2ccc(C)c(Br)c2)cn1. The molecule has 0 aliphatic heterocycles. The van der Waals surface area contributed by atoms with Crippen LogP contribution in [0.5, 0.6) is 0 Å². The van der Waals surface area contributed by atoms with Crippen molar-refractivity contribution in [2.75, 3.05) is 5.32 Å². The van der Waals surface area contributed by atoms with Crippen LogP contribution in [-0.2, 0) is 0 Å². The van der Waals surface area contributed by atoms with Crippen LogP contribution in [0.15, 0.2) is 41.0 Å². The van der Waals surface area contributed by atoms with E-state index in [1.807, 2.05) is 45.0 Å². The number of pyridine rings is 1. The summed E-state index contributed by atoms with van der Waals surface area (Å²) < 4.78 is 1.05. The second-order valence-electron chi connectivity index (χ2n) is 5.30. The minimum Gasteiger partial charge on any atom is -0.354 e. The molecule has 4 nitrogen and oxygen atoms in total. The van der Waals surface area contributed by atoms with Gasteiger partial charge in [0.15, 0.2) is 0 Å². The number of nitrogens with zero attached hydrogens (tertiary/aromatic N) is 1. The molecule has 0 saturated heterocycles. The zero-order valence-corrected chi connectivity index (χ0v) is 14.6. The van der Waals surface area contributed by atoms with Crippen molar-refractivity contribution in [3.05, 3.63) is 52.3 Å². The Kier molecular flexibility index (Phi) is 5.55. The first-order valence-electron chi connectivity index (χ1n) is 7.29.